The molecular formula is C21H34FIN4O. The second kappa shape index (κ2) is 11.9. The van der Waals surface area contributed by atoms with E-state index in [2.05, 4.69) is 29.0 Å². The van der Waals surface area contributed by atoms with Gasteiger partial charge in [0.25, 0.3) is 0 Å². The zero-order valence-corrected chi connectivity index (χ0v) is 19.4. The second-order valence-electron chi connectivity index (χ2n) is 7.58. The number of hydrogen-bond acceptors (Lipinski definition) is 3. The first-order chi connectivity index (χ1) is 13.2. The molecule has 2 fully saturated rings. The van der Waals surface area contributed by atoms with Crippen molar-refractivity contribution in [3.63, 3.8) is 0 Å². The lowest BCUT2D eigenvalue weighted by atomic mass is 9.99. The van der Waals surface area contributed by atoms with E-state index in [0.717, 1.165) is 63.4 Å². The van der Waals surface area contributed by atoms with Crippen LogP contribution in [0.25, 0.3) is 0 Å². The number of likely N-dealkylation sites (tertiary alicyclic amines) is 1. The molecule has 2 aliphatic heterocycles. The minimum Gasteiger partial charge on any atom is -0.379 e. The molecule has 5 nitrogen and oxygen atoms in total. The Kier molecular flexibility index (Phi) is 9.94. The number of nitrogens with one attached hydrogen (secondary N) is 1. The third-order valence-corrected chi connectivity index (χ3v) is 5.55. The Hall–Kier alpha value is -0.930. The third kappa shape index (κ3) is 6.56. The number of rotatable bonds is 5. The zero-order chi connectivity index (χ0) is 19.1. The molecule has 0 aliphatic carbocycles. The van der Waals surface area contributed by atoms with E-state index in [9.17, 15) is 4.39 Å². The van der Waals surface area contributed by atoms with Crippen molar-refractivity contribution >= 4 is 29.9 Å². The highest BCUT2D eigenvalue weighted by atomic mass is 127. The monoisotopic (exact) mass is 504 g/mol. The zero-order valence-electron chi connectivity index (χ0n) is 17.1. The van der Waals surface area contributed by atoms with Crippen molar-refractivity contribution in [2.75, 3.05) is 52.5 Å². The van der Waals surface area contributed by atoms with Crippen molar-refractivity contribution in [3.8, 4) is 0 Å². The topological polar surface area (TPSA) is 40.1 Å². The highest BCUT2D eigenvalue weighted by Crippen LogP contribution is 2.23. The Balaban J connectivity index is 0.00000280. The molecule has 1 aromatic carbocycles. The van der Waals surface area contributed by atoms with Crippen LogP contribution in [0.4, 0.5) is 4.39 Å². The summed E-state index contributed by atoms with van der Waals surface area (Å²) in [6.07, 6.45) is 2.42. The second-order valence-corrected chi connectivity index (χ2v) is 7.58. The minimum absolute atomic E-state index is 0. The van der Waals surface area contributed by atoms with Gasteiger partial charge in [-0.2, -0.15) is 0 Å². The molecule has 1 aromatic rings. The van der Waals surface area contributed by atoms with Gasteiger partial charge in [0.2, 0.25) is 0 Å². The largest absolute Gasteiger partial charge is 0.379 e. The number of benzene rings is 1. The maximum absolute atomic E-state index is 13.8. The molecule has 2 saturated heterocycles. The van der Waals surface area contributed by atoms with E-state index in [1.165, 1.54) is 18.9 Å². The van der Waals surface area contributed by atoms with E-state index in [1.54, 1.807) is 12.1 Å². The van der Waals surface area contributed by atoms with Crippen LogP contribution in [0.1, 0.15) is 38.3 Å². The summed E-state index contributed by atoms with van der Waals surface area (Å²) < 4.78 is 19.3. The molecule has 1 unspecified atom stereocenters. The van der Waals surface area contributed by atoms with Gasteiger partial charge < -0.3 is 15.0 Å². The van der Waals surface area contributed by atoms with Gasteiger partial charge in [-0.25, -0.2) is 4.39 Å². The van der Waals surface area contributed by atoms with Crippen molar-refractivity contribution in [3.05, 3.63) is 35.6 Å². The molecule has 7 heteroatoms. The summed E-state index contributed by atoms with van der Waals surface area (Å²) in [5.74, 6) is 1.59. The van der Waals surface area contributed by atoms with Crippen LogP contribution in [-0.4, -0.2) is 68.2 Å². The quantitative estimate of drug-likeness (QED) is 0.379. The maximum Gasteiger partial charge on any atom is 0.193 e. The Morgan fingerprint density at radius 2 is 1.96 bits per heavy atom. The first-order valence-electron chi connectivity index (χ1n) is 10.3. The Labute approximate surface area is 185 Å². The van der Waals surface area contributed by atoms with Crippen molar-refractivity contribution in [1.29, 1.82) is 0 Å². The summed E-state index contributed by atoms with van der Waals surface area (Å²) in [4.78, 5) is 9.70. The van der Waals surface area contributed by atoms with Crippen molar-refractivity contribution < 1.29 is 9.13 Å². The molecule has 1 atom stereocenters. The van der Waals surface area contributed by atoms with Crippen LogP contribution in [0.15, 0.2) is 29.3 Å². The molecule has 2 heterocycles. The summed E-state index contributed by atoms with van der Waals surface area (Å²) >= 11 is 0. The van der Waals surface area contributed by atoms with Gasteiger partial charge in [-0.05, 0) is 43.4 Å². The molecule has 0 saturated carbocycles. The number of halogens is 2. The van der Waals surface area contributed by atoms with Crippen LogP contribution in [0.2, 0.25) is 0 Å². The average Bonchev–Trinajstić information content (AvgIpc) is 2.69. The van der Waals surface area contributed by atoms with Gasteiger partial charge >= 0.3 is 0 Å². The van der Waals surface area contributed by atoms with E-state index in [4.69, 9.17) is 9.73 Å². The van der Waals surface area contributed by atoms with Crippen LogP contribution in [0.3, 0.4) is 0 Å². The van der Waals surface area contributed by atoms with E-state index < -0.39 is 0 Å². The summed E-state index contributed by atoms with van der Waals surface area (Å²) in [6.45, 7) is 11.2. The molecule has 28 heavy (non-hydrogen) atoms. The van der Waals surface area contributed by atoms with E-state index >= 15 is 0 Å². The molecule has 3 rings (SSSR count). The van der Waals surface area contributed by atoms with Crippen LogP contribution in [0.5, 0.6) is 0 Å². The third-order valence-electron chi connectivity index (χ3n) is 5.55. The van der Waals surface area contributed by atoms with Crippen LogP contribution in [0, 0.1) is 11.7 Å². The smallest absolute Gasteiger partial charge is 0.193 e. The Morgan fingerprint density at radius 3 is 2.61 bits per heavy atom. The summed E-state index contributed by atoms with van der Waals surface area (Å²) in [5, 5.41) is 3.45. The van der Waals surface area contributed by atoms with E-state index in [1.807, 2.05) is 6.07 Å². The van der Waals surface area contributed by atoms with Gasteiger partial charge in [0.1, 0.15) is 5.82 Å². The number of guanidine groups is 1. The van der Waals surface area contributed by atoms with Crippen LogP contribution >= 0.6 is 24.0 Å². The first kappa shape index (κ1) is 23.3. The van der Waals surface area contributed by atoms with E-state index in [-0.39, 0.29) is 35.8 Å². The van der Waals surface area contributed by atoms with E-state index in [0.29, 0.717) is 6.54 Å². The number of hydrogen-bond donors (Lipinski definition) is 1. The standard InChI is InChI=1S/C21H33FN4O.HI/c1-3-23-21(26-9-7-17(2)8-10-26)24-16-20(25-11-13-27-14-12-25)18-5-4-6-19(22)15-18;/h4-6,15,17,20H,3,7-14,16H2,1-2H3,(H,23,24);1H. The number of ether oxygens (including phenoxy) is 1. The summed E-state index contributed by atoms with van der Waals surface area (Å²) in [5.41, 5.74) is 0.990. The van der Waals surface area contributed by atoms with Gasteiger partial charge in [0.15, 0.2) is 5.96 Å². The predicted octanol–water partition coefficient (Wildman–Crippen LogP) is 3.51. The molecule has 0 radical (unpaired) electrons. The Bertz CT molecular complexity index is 616. The molecule has 1 N–H and O–H groups in total. The number of piperidine rings is 1. The van der Waals surface area contributed by atoms with Gasteiger partial charge in [-0.3, -0.25) is 9.89 Å². The summed E-state index contributed by atoms with van der Waals surface area (Å²) in [7, 11) is 0. The SMILES string of the molecule is CCNC(=NCC(c1cccc(F)c1)N1CCOCC1)N1CCC(C)CC1.I. The van der Waals surface area contributed by atoms with Gasteiger partial charge in [-0.15, -0.1) is 24.0 Å². The minimum atomic E-state index is -0.188. The predicted molar refractivity (Wildman–Crippen MR) is 123 cm³/mol. The highest BCUT2D eigenvalue weighted by Gasteiger charge is 2.24. The number of nitrogens with zero attached hydrogens (tertiary/aromatic N) is 3. The van der Waals surface area contributed by atoms with Crippen LogP contribution in [-0.2, 0) is 4.74 Å². The molecule has 0 amide bonds. The molecule has 2 aliphatic rings. The fourth-order valence-corrected chi connectivity index (χ4v) is 3.85. The average molecular weight is 504 g/mol. The fraction of sp³-hybridized carbons (Fsp3) is 0.667. The maximum atomic E-state index is 13.8. The number of aliphatic imine (C=N–C) groups is 1. The lowest BCUT2D eigenvalue weighted by molar-refractivity contribution is 0.0179. The van der Waals surface area contributed by atoms with Crippen LogP contribution < -0.4 is 5.32 Å². The molecular weight excluding hydrogens is 470 g/mol. The van der Waals surface area contributed by atoms with Gasteiger partial charge in [0, 0.05) is 32.7 Å². The van der Waals surface area contributed by atoms with Crippen molar-refractivity contribution in [2.45, 2.75) is 32.7 Å². The lowest BCUT2D eigenvalue weighted by Crippen LogP contribution is -2.46. The first-order valence-corrected chi connectivity index (χ1v) is 10.3. The highest BCUT2D eigenvalue weighted by molar-refractivity contribution is 14.0. The van der Waals surface area contributed by atoms with Crippen molar-refractivity contribution in [1.82, 2.24) is 15.1 Å². The molecule has 158 valence electrons. The van der Waals surface area contributed by atoms with Gasteiger partial charge in [-0.1, -0.05) is 19.1 Å². The van der Waals surface area contributed by atoms with Gasteiger partial charge in [0.05, 0.1) is 25.8 Å². The fourth-order valence-electron chi connectivity index (χ4n) is 3.85. The molecule has 0 bridgehead atoms. The summed E-state index contributed by atoms with van der Waals surface area (Å²) in [6, 6.07) is 7.02. The lowest BCUT2D eigenvalue weighted by Gasteiger charge is -2.35. The van der Waals surface area contributed by atoms with Crippen molar-refractivity contribution in [2.24, 2.45) is 10.9 Å². The molecule has 0 spiro atoms. The number of morpholine rings is 1. The molecule has 0 aromatic heterocycles. The normalized spacial score (nSPS) is 20.5. The Morgan fingerprint density at radius 1 is 1.25 bits per heavy atom.